The Morgan fingerprint density at radius 3 is 2.06 bits per heavy atom. The van der Waals surface area contributed by atoms with E-state index in [-0.39, 0.29) is 0 Å². The minimum atomic E-state index is 0.802. The number of hydrogen-bond acceptors (Lipinski definition) is 2. The first-order valence-corrected chi connectivity index (χ1v) is 8.27. The third-order valence-corrected chi connectivity index (χ3v) is 5.27. The van der Waals surface area contributed by atoms with Crippen molar-refractivity contribution in [3.8, 4) is 0 Å². The maximum absolute atomic E-state index is 3.84. The third kappa shape index (κ3) is 4.24. The quantitative estimate of drug-likeness (QED) is 0.808. The van der Waals surface area contributed by atoms with Crippen molar-refractivity contribution in [1.29, 1.82) is 0 Å². The van der Waals surface area contributed by atoms with Gasteiger partial charge in [-0.15, -0.1) is 0 Å². The molecule has 1 heterocycles. The number of likely N-dealkylation sites (tertiary alicyclic amines) is 1. The Bertz CT molecular complexity index is 189. The highest BCUT2D eigenvalue weighted by Crippen LogP contribution is 2.30. The average molecular weight is 252 g/mol. The molecule has 18 heavy (non-hydrogen) atoms. The van der Waals surface area contributed by atoms with Crippen molar-refractivity contribution in [3.05, 3.63) is 0 Å². The molecule has 1 saturated heterocycles. The molecule has 1 saturated carbocycles. The average Bonchev–Trinajstić information content (AvgIpc) is 2.46. The molecule has 0 unspecified atom stereocenters. The van der Waals surface area contributed by atoms with Crippen LogP contribution in [0.5, 0.6) is 0 Å². The van der Waals surface area contributed by atoms with Gasteiger partial charge in [-0.05, 0) is 63.7 Å². The third-order valence-electron chi connectivity index (χ3n) is 5.27. The van der Waals surface area contributed by atoms with Gasteiger partial charge in [0, 0.05) is 6.04 Å². The van der Waals surface area contributed by atoms with Crippen molar-refractivity contribution in [2.75, 3.05) is 26.2 Å². The minimum absolute atomic E-state index is 0.802. The largest absolute Gasteiger partial charge is 0.314 e. The summed E-state index contributed by atoms with van der Waals surface area (Å²) in [6.45, 7) is 9.75. The summed E-state index contributed by atoms with van der Waals surface area (Å²) < 4.78 is 0. The normalized spacial score (nSPS) is 31.7. The van der Waals surface area contributed by atoms with Gasteiger partial charge < -0.3 is 10.2 Å². The van der Waals surface area contributed by atoms with E-state index in [9.17, 15) is 0 Å². The summed E-state index contributed by atoms with van der Waals surface area (Å²) >= 11 is 0. The van der Waals surface area contributed by atoms with Crippen molar-refractivity contribution >= 4 is 0 Å². The second-order valence-electron chi connectivity index (χ2n) is 6.41. The fourth-order valence-electron chi connectivity index (χ4n) is 3.63. The fourth-order valence-corrected chi connectivity index (χ4v) is 3.63. The van der Waals surface area contributed by atoms with Crippen LogP contribution >= 0.6 is 0 Å². The molecule has 0 aromatic rings. The summed E-state index contributed by atoms with van der Waals surface area (Å²) in [7, 11) is 0. The van der Waals surface area contributed by atoms with Crippen molar-refractivity contribution < 1.29 is 0 Å². The maximum atomic E-state index is 3.84. The molecule has 2 fully saturated rings. The summed E-state index contributed by atoms with van der Waals surface area (Å²) in [6, 6.07) is 0.802. The van der Waals surface area contributed by atoms with E-state index in [0.717, 1.165) is 17.9 Å². The van der Waals surface area contributed by atoms with Crippen LogP contribution in [0.15, 0.2) is 0 Å². The van der Waals surface area contributed by atoms with Gasteiger partial charge in [-0.25, -0.2) is 0 Å². The Morgan fingerprint density at radius 1 is 0.889 bits per heavy atom. The van der Waals surface area contributed by atoms with E-state index in [2.05, 4.69) is 24.1 Å². The zero-order valence-corrected chi connectivity index (χ0v) is 12.5. The minimum Gasteiger partial charge on any atom is -0.314 e. The molecule has 1 aliphatic heterocycles. The van der Waals surface area contributed by atoms with E-state index in [4.69, 9.17) is 0 Å². The molecule has 2 heteroatoms. The van der Waals surface area contributed by atoms with E-state index in [1.54, 1.807) is 0 Å². The van der Waals surface area contributed by atoms with Gasteiger partial charge in [0.15, 0.2) is 0 Å². The van der Waals surface area contributed by atoms with Crippen molar-refractivity contribution in [2.45, 2.75) is 64.8 Å². The molecule has 2 aliphatic rings. The van der Waals surface area contributed by atoms with Gasteiger partial charge in [0.05, 0.1) is 0 Å². The zero-order valence-electron chi connectivity index (χ0n) is 12.5. The number of rotatable bonds is 5. The van der Waals surface area contributed by atoms with Crippen LogP contribution in [0.4, 0.5) is 0 Å². The highest BCUT2D eigenvalue weighted by atomic mass is 15.1. The molecular formula is C16H32N2. The Hall–Kier alpha value is -0.0800. The molecule has 1 aliphatic carbocycles. The summed E-state index contributed by atoms with van der Waals surface area (Å²) in [6.07, 6.45) is 10.0. The number of nitrogens with one attached hydrogen (secondary N) is 1. The molecule has 0 atom stereocenters. The van der Waals surface area contributed by atoms with Crippen LogP contribution in [0.3, 0.4) is 0 Å². The van der Waals surface area contributed by atoms with Crippen LogP contribution in [0.2, 0.25) is 0 Å². The van der Waals surface area contributed by atoms with Crippen LogP contribution < -0.4 is 5.32 Å². The predicted octanol–water partition coefficient (Wildman–Crippen LogP) is 3.28. The SMILES string of the molecule is CCC1CCC(CNC2CCN(CC)CC2)CC1. The molecule has 106 valence electrons. The first-order valence-electron chi connectivity index (χ1n) is 8.27. The number of hydrogen-bond donors (Lipinski definition) is 1. The van der Waals surface area contributed by atoms with Crippen LogP contribution in [0.25, 0.3) is 0 Å². The van der Waals surface area contributed by atoms with Gasteiger partial charge in [0.2, 0.25) is 0 Å². The summed E-state index contributed by atoms with van der Waals surface area (Å²) in [4.78, 5) is 2.57. The number of nitrogens with zero attached hydrogens (tertiary/aromatic N) is 1. The Balaban J connectivity index is 1.58. The van der Waals surface area contributed by atoms with E-state index in [1.807, 2.05) is 0 Å². The van der Waals surface area contributed by atoms with Gasteiger partial charge in [0.1, 0.15) is 0 Å². The lowest BCUT2D eigenvalue weighted by molar-refractivity contribution is 0.194. The highest BCUT2D eigenvalue weighted by Gasteiger charge is 2.22. The molecule has 0 radical (unpaired) electrons. The van der Waals surface area contributed by atoms with E-state index in [0.29, 0.717) is 0 Å². The summed E-state index contributed by atoms with van der Waals surface area (Å²) in [5.41, 5.74) is 0. The number of piperidine rings is 1. The molecule has 0 bridgehead atoms. The van der Waals surface area contributed by atoms with E-state index < -0.39 is 0 Å². The lowest BCUT2D eigenvalue weighted by atomic mass is 9.81. The second-order valence-corrected chi connectivity index (χ2v) is 6.41. The fraction of sp³-hybridized carbons (Fsp3) is 1.00. The lowest BCUT2D eigenvalue weighted by Gasteiger charge is -2.34. The highest BCUT2D eigenvalue weighted by molar-refractivity contribution is 4.79. The first kappa shape index (κ1) is 14.3. The Kier molecular flexibility index (Phi) is 5.97. The van der Waals surface area contributed by atoms with Crippen LogP contribution in [-0.2, 0) is 0 Å². The molecule has 0 aromatic heterocycles. The maximum Gasteiger partial charge on any atom is 0.00915 e. The monoisotopic (exact) mass is 252 g/mol. The summed E-state index contributed by atoms with van der Waals surface area (Å²) in [5, 5.41) is 3.84. The van der Waals surface area contributed by atoms with Crippen molar-refractivity contribution in [2.24, 2.45) is 11.8 Å². The standard InChI is InChI=1S/C16H32N2/c1-3-14-5-7-15(8-6-14)13-17-16-9-11-18(4-2)12-10-16/h14-17H,3-13H2,1-2H3. The molecular weight excluding hydrogens is 220 g/mol. The Morgan fingerprint density at radius 2 is 1.50 bits per heavy atom. The molecule has 0 spiro atoms. The van der Waals surface area contributed by atoms with Crippen molar-refractivity contribution in [3.63, 3.8) is 0 Å². The van der Waals surface area contributed by atoms with Crippen LogP contribution in [0, 0.1) is 11.8 Å². The first-order chi connectivity index (χ1) is 8.81. The molecule has 1 N–H and O–H groups in total. The Labute approximate surface area is 114 Å². The lowest BCUT2D eigenvalue weighted by Crippen LogP contribution is -2.44. The van der Waals surface area contributed by atoms with Gasteiger partial charge in [-0.3, -0.25) is 0 Å². The smallest absolute Gasteiger partial charge is 0.00915 e. The topological polar surface area (TPSA) is 15.3 Å². The summed E-state index contributed by atoms with van der Waals surface area (Å²) in [5.74, 6) is 2.01. The molecule has 0 amide bonds. The van der Waals surface area contributed by atoms with E-state index >= 15 is 0 Å². The van der Waals surface area contributed by atoms with Gasteiger partial charge in [-0.2, -0.15) is 0 Å². The molecule has 2 nitrogen and oxygen atoms in total. The molecule has 0 aromatic carbocycles. The van der Waals surface area contributed by atoms with Gasteiger partial charge in [-0.1, -0.05) is 33.1 Å². The van der Waals surface area contributed by atoms with Crippen LogP contribution in [0.1, 0.15) is 58.8 Å². The van der Waals surface area contributed by atoms with E-state index in [1.165, 1.54) is 71.1 Å². The predicted molar refractivity (Wildman–Crippen MR) is 78.9 cm³/mol. The second kappa shape index (κ2) is 7.49. The van der Waals surface area contributed by atoms with Crippen LogP contribution in [-0.4, -0.2) is 37.1 Å². The van der Waals surface area contributed by atoms with Crippen molar-refractivity contribution in [1.82, 2.24) is 10.2 Å². The van der Waals surface area contributed by atoms with Gasteiger partial charge >= 0.3 is 0 Å². The zero-order chi connectivity index (χ0) is 12.8. The van der Waals surface area contributed by atoms with Gasteiger partial charge in [0.25, 0.3) is 0 Å². The molecule has 2 rings (SSSR count).